The summed E-state index contributed by atoms with van der Waals surface area (Å²) in [6.45, 7) is 0.268. The summed E-state index contributed by atoms with van der Waals surface area (Å²) in [6, 6.07) is 3.65. The van der Waals surface area contributed by atoms with Gasteiger partial charge in [0.25, 0.3) is 0 Å². The zero-order valence-corrected chi connectivity index (χ0v) is 11.5. The first kappa shape index (κ1) is 14.7. The average Bonchev–Trinajstić information content (AvgIpc) is 3.13. The van der Waals surface area contributed by atoms with Crippen molar-refractivity contribution in [1.82, 2.24) is 5.32 Å². The molecule has 0 aliphatic heterocycles. The van der Waals surface area contributed by atoms with Gasteiger partial charge in [0.1, 0.15) is 5.82 Å². The number of halogens is 1. The molecule has 0 aromatic heterocycles. The van der Waals surface area contributed by atoms with Crippen LogP contribution in [0.15, 0.2) is 23.1 Å². The maximum Gasteiger partial charge on any atom is 0.238 e. The van der Waals surface area contributed by atoms with Crippen LogP contribution in [0.4, 0.5) is 10.1 Å². The van der Waals surface area contributed by atoms with Crippen molar-refractivity contribution >= 4 is 21.6 Å². The van der Waals surface area contributed by atoms with E-state index in [0.29, 0.717) is 6.04 Å². The highest BCUT2D eigenvalue weighted by Gasteiger charge is 2.22. The number of sulfonamides is 1. The molecule has 0 atom stereocenters. The molecule has 0 spiro atoms. The fourth-order valence-corrected chi connectivity index (χ4v) is 2.18. The van der Waals surface area contributed by atoms with E-state index in [4.69, 9.17) is 5.14 Å². The van der Waals surface area contributed by atoms with Gasteiger partial charge in [-0.1, -0.05) is 0 Å². The Labute approximate surface area is 116 Å². The van der Waals surface area contributed by atoms with Gasteiger partial charge in [-0.3, -0.25) is 4.79 Å². The Morgan fingerprint density at radius 3 is 2.65 bits per heavy atom. The summed E-state index contributed by atoms with van der Waals surface area (Å²) in [5.74, 6) is -0.805. The van der Waals surface area contributed by atoms with E-state index in [1.165, 1.54) is 12.1 Å². The van der Waals surface area contributed by atoms with Crippen molar-refractivity contribution in [2.75, 3.05) is 11.9 Å². The molecule has 4 N–H and O–H groups in total. The average molecular weight is 301 g/mol. The Bertz CT molecular complexity index is 614. The lowest BCUT2D eigenvalue weighted by Crippen LogP contribution is -2.27. The highest BCUT2D eigenvalue weighted by Crippen LogP contribution is 2.19. The second kappa shape index (κ2) is 5.76. The molecule has 0 radical (unpaired) electrons. The number of carbonyl (C=O) groups is 1. The monoisotopic (exact) mass is 301 g/mol. The topological polar surface area (TPSA) is 101 Å². The summed E-state index contributed by atoms with van der Waals surface area (Å²) in [6.07, 6.45) is 2.26. The van der Waals surface area contributed by atoms with Crippen LogP contribution in [0, 0.1) is 5.82 Å². The minimum absolute atomic E-state index is 0.0819. The van der Waals surface area contributed by atoms with E-state index in [2.05, 4.69) is 10.6 Å². The van der Waals surface area contributed by atoms with Gasteiger partial charge < -0.3 is 10.6 Å². The van der Waals surface area contributed by atoms with Gasteiger partial charge in [0, 0.05) is 19.0 Å². The second-order valence-electron chi connectivity index (χ2n) is 4.71. The zero-order valence-electron chi connectivity index (χ0n) is 10.7. The molecule has 0 saturated heterocycles. The van der Waals surface area contributed by atoms with Crippen molar-refractivity contribution < 1.29 is 17.6 Å². The first-order valence-corrected chi connectivity index (χ1v) is 7.76. The third-order valence-electron chi connectivity index (χ3n) is 2.88. The molecule has 1 amide bonds. The van der Waals surface area contributed by atoms with Crippen molar-refractivity contribution in [3.8, 4) is 0 Å². The van der Waals surface area contributed by atoms with Crippen LogP contribution in [0.3, 0.4) is 0 Å². The molecule has 1 fully saturated rings. The number of hydrogen-bond acceptors (Lipinski definition) is 4. The quantitative estimate of drug-likeness (QED) is 0.714. The van der Waals surface area contributed by atoms with Crippen LogP contribution in [-0.4, -0.2) is 26.9 Å². The Hall–Kier alpha value is -1.67. The molecule has 0 heterocycles. The van der Waals surface area contributed by atoms with Crippen LogP contribution in [-0.2, 0) is 14.8 Å². The fourth-order valence-electron chi connectivity index (χ4n) is 1.65. The lowest BCUT2D eigenvalue weighted by atomic mass is 10.3. The summed E-state index contributed by atoms with van der Waals surface area (Å²) in [5.41, 5.74) is 0.136. The normalized spacial score (nSPS) is 14.9. The van der Waals surface area contributed by atoms with E-state index >= 15 is 0 Å². The molecular weight excluding hydrogens is 285 g/mol. The molecule has 8 heteroatoms. The van der Waals surface area contributed by atoms with Crippen molar-refractivity contribution in [3.05, 3.63) is 24.0 Å². The summed E-state index contributed by atoms with van der Waals surface area (Å²) in [4.78, 5) is 11.1. The summed E-state index contributed by atoms with van der Waals surface area (Å²) in [5, 5.41) is 10.5. The van der Waals surface area contributed by atoms with E-state index in [1.807, 2.05) is 0 Å². The number of nitrogens with one attached hydrogen (secondary N) is 2. The molecule has 1 aromatic carbocycles. The van der Waals surface area contributed by atoms with Gasteiger partial charge in [-0.25, -0.2) is 17.9 Å². The van der Waals surface area contributed by atoms with Gasteiger partial charge in [-0.2, -0.15) is 0 Å². The highest BCUT2D eigenvalue weighted by atomic mass is 32.2. The van der Waals surface area contributed by atoms with Crippen LogP contribution in [0.2, 0.25) is 0 Å². The standard InChI is InChI=1S/C12H16FN3O3S/c13-10-7-9(20(14,18)19)3-4-11(10)15-6-5-12(17)16-8-1-2-8/h3-4,7-8,15H,1-2,5-6H2,(H,16,17)(H2,14,18,19). The maximum atomic E-state index is 13.6. The number of anilines is 1. The van der Waals surface area contributed by atoms with Crippen molar-refractivity contribution in [2.24, 2.45) is 5.14 Å². The number of primary sulfonamides is 1. The molecule has 1 aromatic rings. The maximum absolute atomic E-state index is 13.6. The Morgan fingerprint density at radius 2 is 2.10 bits per heavy atom. The molecule has 1 aliphatic rings. The van der Waals surface area contributed by atoms with Crippen LogP contribution < -0.4 is 15.8 Å². The fraction of sp³-hybridized carbons (Fsp3) is 0.417. The van der Waals surface area contributed by atoms with Crippen LogP contribution in [0.5, 0.6) is 0 Å². The number of amides is 1. The predicted molar refractivity (Wildman–Crippen MR) is 72.0 cm³/mol. The van der Waals surface area contributed by atoms with Crippen molar-refractivity contribution in [3.63, 3.8) is 0 Å². The molecule has 2 rings (SSSR count). The molecule has 0 unspecified atom stereocenters. The minimum atomic E-state index is -3.91. The lowest BCUT2D eigenvalue weighted by Gasteiger charge is -2.08. The van der Waals surface area contributed by atoms with E-state index in [0.717, 1.165) is 18.9 Å². The van der Waals surface area contributed by atoms with Gasteiger partial charge in [-0.05, 0) is 31.0 Å². The number of carbonyl (C=O) groups excluding carboxylic acids is 1. The Balaban J connectivity index is 1.88. The van der Waals surface area contributed by atoms with Crippen molar-refractivity contribution in [1.29, 1.82) is 0 Å². The van der Waals surface area contributed by atoms with E-state index in [1.54, 1.807) is 0 Å². The van der Waals surface area contributed by atoms with Gasteiger partial charge >= 0.3 is 0 Å². The number of rotatable bonds is 6. The van der Waals surface area contributed by atoms with Crippen LogP contribution >= 0.6 is 0 Å². The Kier molecular flexibility index (Phi) is 4.24. The number of benzene rings is 1. The molecule has 0 bridgehead atoms. The molecule has 1 aliphatic carbocycles. The second-order valence-corrected chi connectivity index (χ2v) is 6.27. The van der Waals surface area contributed by atoms with Gasteiger partial charge in [0.2, 0.25) is 15.9 Å². The van der Waals surface area contributed by atoms with Gasteiger partial charge in [0.15, 0.2) is 0 Å². The van der Waals surface area contributed by atoms with Gasteiger partial charge in [0.05, 0.1) is 10.6 Å². The van der Waals surface area contributed by atoms with Crippen LogP contribution in [0.1, 0.15) is 19.3 Å². The number of nitrogens with two attached hydrogens (primary N) is 1. The third-order valence-corrected chi connectivity index (χ3v) is 3.79. The molecule has 110 valence electrons. The van der Waals surface area contributed by atoms with E-state index in [9.17, 15) is 17.6 Å². The first-order chi connectivity index (χ1) is 9.36. The summed E-state index contributed by atoms with van der Waals surface area (Å²) in [7, 11) is -3.91. The lowest BCUT2D eigenvalue weighted by molar-refractivity contribution is -0.120. The largest absolute Gasteiger partial charge is 0.382 e. The Morgan fingerprint density at radius 1 is 1.40 bits per heavy atom. The van der Waals surface area contributed by atoms with E-state index < -0.39 is 15.8 Å². The smallest absolute Gasteiger partial charge is 0.238 e. The minimum Gasteiger partial charge on any atom is -0.382 e. The summed E-state index contributed by atoms with van der Waals surface area (Å²) >= 11 is 0. The molecule has 6 nitrogen and oxygen atoms in total. The first-order valence-electron chi connectivity index (χ1n) is 6.22. The van der Waals surface area contributed by atoms with Gasteiger partial charge in [-0.15, -0.1) is 0 Å². The zero-order chi connectivity index (χ0) is 14.8. The van der Waals surface area contributed by atoms with E-state index in [-0.39, 0.29) is 29.5 Å². The predicted octanol–water partition coefficient (Wildman–Crippen LogP) is 0.554. The molecule has 1 saturated carbocycles. The molecule has 20 heavy (non-hydrogen) atoms. The van der Waals surface area contributed by atoms with Crippen LogP contribution in [0.25, 0.3) is 0 Å². The molecular formula is C12H16FN3O3S. The summed E-state index contributed by atoms with van der Waals surface area (Å²) < 4.78 is 35.7. The SMILES string of the molecule is NS(=O)(=O)c1ccc(NCCC(=O)NC2CC2)c(F)c1. The number of hydrogen-bond donors (Lipinski definition) is 3. The third kappa shape index (κ3) is 4.17. The van der Waals surface area contributed by atoms with Crippen molar-refractivity contribution in [2.45, 2.75) is 30.2 Å². The highest BCUT2D eigenvalue weighted by molar-refractivity contribution is 7.89.